The third kappa shape index (κ3) is 8.16. The van der Waals surface area contributed by atoms with Crippen molar-refractivity contribution in [2.45, 2.75) is 51.6 Å². The fourth-order valence-corrected chi connectivity index (χ4v) is 3.74. The molecule has 3 N–H and O–H groups in total. The van der Waals surface area contributed by atoms with Crippen LogP contribution in [0.15, 0.2) is 29.3 Å². The number of hydrogen-bond donors (Lipinski definition) is 3. The zero-order valence-electron chi connectivity index (χ0n) is 16.6. The number of guanidine groups is 1. The van der Waals surface area contributed by atoms with Gasteiger partial charge in [-0.3, -0.25) is 4.99 Å². The molecule has 0 aliphatic heterocycles. The molecule has 0 aliphatic carbocycles. The van der Waals surface area contributed by atoms with E-state index < -0.39 is 10.0 Å². The topological polar surface area (TPSA) is 91.8 Å². The second kappa shape index (κ2) is 9.89. The average Bonchev–Trinajstić information content (AvgIpc) is 2.54. The first-order chi connectivity index (χ1) is 12.1. The number of nitrogens with one attached hydrogen (secondary N) is 3. The Labute approximate surface area is 157 Å². The molecule has 7 nitrogen and oxygen atoms in total. The van der Waals surface area contributed by atoms with Crippen molar-refractivity contribution in [2.75, 3.05) is 20.7 Å². The van der Waals surface area contributed by atoms with Gasteiger partial charge in [0.25, 0.3) is 0 Å². The number of ether oxygens (including phenoxy) is 1. The predicted molar refractivity (Wildman–Crippen MR) is 107 cm³/mol. The number of rotatable bonds is 9. The molecule has 0 bridgehead atoms. The minimum atomic E-state index is -3.37. The maximum Gasteiger partial charge on any atom is 0.216 e. The number of benzene rings is 1. The Bertz CT molecular complexity index is 700. The van der Waals surface area contributed by atoms with Crippen LogP contribution in [0.3, 0.4) is 0 Å². The Balaban J connectivity index is 2.76. The lowest BCUT2D eigenvalue weighted by Crippen LogP contribution is -2.45. The fourth-order valence-electron chi connectivity index (χ4n) is 2.24. The third-order valence-corrected chi connectivity index (χ3v) is 5.30. The fraction of sp³-hybridized carbons (Fsp3) is 0.611. The summed E-state index contributed by atoms with van der Waals surface area (Å²) in [6.45, 7) is 8.65. The van der Waals surface area contributed by atoms with Crippen LogP contribution in [0.25, 0.3) is 0 Å². The van der Waals surface area contributed by atoms with Crippen molar-refractivity contribution < 1.29 is 13.2 Å². The normalized spacial score (nSPS) is 13.1. The second-order valence-electron chi connectivity index (χ2n) is 7.04. The van der Waals surface area contributed by atoms with Gasteiger partial charge in [-0.15, -0.1) is 0 Å². The predicted octanol–water partition coefficient (Wildman–Crippen LogP) is 1.60. The molecule has 0 amide bonds. The maximum atomic E-state index is 12.2. The van der Waals surface area contributed by atoms with Crippen LogP contribution in [-0.4, -0.2) is 46.7 Å². The summed E-state index contributed by atoms with van der Waals surface area (Å²) in [5, 5.41) is 6.43. The summed E-state index contributed by atoms with van der Waals surface area (Å²) in [6, 6.07) is 7.36. The van der Waals surface area contributed by atoms with E-state index in [4.69, 9.17) is 4.74 Å². The van der Waals surface area contributed by atoms with Gasteiger partial charge in [0, 0.05) is 33.3 Å². The zero-order valence-corrected chi connectivity index (χ0v) is 17.4. The molecule has 0 fully saturated rings. The Morgan fingerprint density at radius 1 is 1.19 bits per heavy atom. The molecule has 0 heterocycles. The van der Waals surface area contributed by atoms with Crippen LogP contribution in [-0.2, 0) is 27.1 Å². The first-order valence-electron chi connectivity index (χ1n) is 8.65. The van der Waals surface area contributed by atoms with Crippen LogP contribution in [0.5, 0.6) is 0 Å². The molecular weight excluding hydrogens is 352 g/mol. The zero-order chi connectivity index (χ0) is 19.8. The van der Waals surface area contributed by atoms with Crippen LogP contribution >= 0.6 is 0 Å². The first-order valence-corrected chi connectivity index (χ1v) is 10.3. The van der Waals surface area contributed by atoms with Gasteiger partial charge in [0.05, 0.1) is 11.4 Å². The number of aliphatic imine (C=N–C) groups is 1. The van der Waals surface area contributed by atoms with Crippen molar-refractivity contribution in [1.82, 2.24) is 15.4 Å². The SMILES string of the molecule is CN=C(NCc1ccccc1CS(=O)(=O)NC(C)C)NCC(C)(C)OC. The Morgan fingerprint density at radius 3 is 2.35 bits per heavy atom. The maximum absolute atomic E-state index is 12.2. The van der Waals surface area contributed by atoms with E-state index >= 15 is 0 Å². The molecule has 1 aromatic carbocycles. The highest BCUT2D eigenvalue weighted by Gasteiger charge is 2.17. The summed E-state index contributed by atoms with van der Waals surface area (Å²) < 4.78 is 32.4. The molecule has 0 spiro atoms. The first kappa shape index (κ1) is 22.4. The number of sulfonamides is 1. The molecule has 1 rings (SSSR count). The molecule has 0 atom stereocenters. The Morgan fingerprint density at radius 2 is 1.81 bits per heavy atom. The van der Waals surface area contributed by atoms with Crippen LogP contribution in [0.4, 0.5) is 0 Å². The van der Waals surface area contributed by atoms with E-state index in [0.29, 0.717) is 19.0 Å². The van der Waals surface area contributed by atoms with E-state index in [1.54, 1.807) is 14.2 Å². The van der Waals surface area contributed by atoms with E-state index in [-0.39, 0.29) is 17.4 Å². The molecule has 0 aliphatic rings. The van der Waals surface area contributed by atoms with Crippen molar-refractivity contribution >= 4 is 16.0 Å². The third-order valence-electron chi connectivity index (χ3n) is 3.78. The molecule has 0 saturated carbocycles. The molecule has 148 valence electrons. The Kier molecular flexibility index (Phi) is 8.52. The highest BCUT2D eigenvalue weighted by atomic mass is 32.2. The van der Waals surface area contributed by atoms with Gasteiger partial charge in [0.2, 0.25) is 10.0 Å². The standard InChI is InChI=1S/C18H32N4O3S/c1-14(2)22-26(23,24)12-16-10-8-7-9-15(16)11-20-17(19-5)21-13-18(3,4)25-6/h7-10,14,22H,11-13H2,1-6H3,(H2,19,20,21). The number of nitrogens with zero attached hydrogens (tertiary/aromatic N) is 1. The summed E-state index contributed by atoms with van der Waals surface area (Å²) >= 11 is 0. The smallest absolute Gasteiger partial charge is 0.216 e. The van der Waals surface area contributed by atoms with Gasteiger partial charge in [-0.1, -0.05) is 24.3 Å². The Hall–Kier alpha value is -1.64. The van der Waals surface area contributed by atoms with E-state index in [0.717, 1.165) is 11.1 Å². The van der Waals surface area contributed by atoms with Gasteiger partial charge >= 0.3 is 0 Å². The van der Waals surface area contributed by atoms with Gasteiger partial charge in [-0.25, -0.2) is 13.1 Å². The molecular formula is C18H32N4O3S. The molecule has 0 aromatic heterocycles. The minimum Gasteiger partial charge on any atom is -0.377 e. The molecule has 1 aromatic rings. The van der Waals surface area contributed by atoms with Gasteiger partial charge < -0.3 is 15.4 Å². The molecule has 26 heavy (non-hydrogen) atoms. The van der Waals surface area contributed by atoms with Crippen molar-refractivity contribution in [1.29, 1.82) is 0 Å². The van der Waals surface area contributed by atoms with Crippen molar-refractivity contribution in [2.24, 2.45) is 4.99 Å². The highest BCUT2D eigenvalue weighted by Crippen LogP contribution is 2.12. The van der Waals surface area contributed by atoms with Crippen LogP contribution in [0, 0.1) is 0 Å². The van der Waals surface area contributed by atoms with E-state index in [1.807, 2.05) is 52.0 Å². The summed E-state index contributed by atoms with van der Waals surface area (Å²) in [5.41, 5.74) is 1.36. The lowest BCUT2D eigenvalue weighted by molar-refractivity contribution is 0.0268. The summed E-state index contributed by atoms with van der Waals surface area (Å²) in [7, 11) is -0.0147. The highest BCUT2D eigenvalue weighted by molar-refractivity contribution is 7.88. The van der Waals surface area contributed by atoms with Gasteiger partial charge in [-0.05, 0) is 38.8 Å². The summed E-state index contributed by atoms with van der Waals surface area (Å²) in [5.74, 6) is 0.583. The lowest BCUT2D eigenvalue weighted by Gasteiger charge is -2.24. The van der Waals surface area contributed by atoms with Gasteiger partial charge in [0.1, 0.15) is 0 Å². The van der Waals surface area contributed by atoms with Crippen molar-refractivity contribution in [3.63, 3.8) is 0 Å². The average molecular weight is 385 g/mol. The monoisotopic (exact) mass is 384 g/mol. The largest absolute Gasteiger partial charge is 0.377 e. The summed E-state index contributed by atoms with van der Waals surface area (Å²) in [4.78, 5) is 4.19. The minimum absolute atomic E-state index is 0.0498. The molecule has 0 radical (unpaired) electrons. The van der Waals surface area contributed by atoms with Crippen LogP contribution < -0.4 is 15.4 Å². The lowest BCUT2D eigenvalue weighted by atomic mass is 10.1. The molecule has 8 heteroatoms. The molecule has 0 unspecified atom stereocenters. The van der Waals surface area contributed by atoms with Crippen molar-refractivity contribution in [3.05, 3.63) is 35.4 Å². The van der Waals surface area contributed by atoms with E-state index in [1.165, 1.54) is 0 Å². The summed E-state index contributed by atoms with van der Waals surface area (Å²) in [6.07, 6.45) is 0. The van der Waals surface area contributed by atoms with Gasteiger partial charge in [0.15, 0.2) is 5.96 Å². The second-order valence-corrected chi connectivity index (χ2v) is 8.80. The van der Waals surface area contributed by atoms with E-state index in [9.17, 15) is 8.42 Å². The van der Waals surface area contributed by atoms with Crippen molar-refractivity contribution in [3.8, 4) is 0 Å². The van der Waals surface area contributed by atoms with Crippen LogP contribution in [0.1, 0.15) is 38.8 Å². The van der Waals surface area contributed by atoms with Gasteiger partial charge in [-0.2, -0.15) is 0 Å². The van der Waals surface area contributed by atoms with E-state index in [2.05, 4.69) is 20.3 Å². The van der Waals surface area contributed by atoms with Crippen LogP contribution in [0.2, 0.25) is 0 Å². The quantitative estimate of drug-likeness (QED) is 0.444. The number of hydrogen-bond acceptors (Lipinski definition) is 4. The number of methoxy groups -OCH3 is 1. The molecule has 0 saturated heterocycles.